The van der Waals surface area contributed by atoms with Crippen molar-refractivity contribution in [3.8, 4) is 0 Å². The number of nitrogens with zero attached hydrogens (tertiary/aromatic N) is 1. The third-order valence-corrected chi connectivity index (χ3v) is 7.72. The fraction of sp³-hybridized carbons (Fsp3) is 0.844. The lowest BCUT2D eigenvalue weighted by atomic mass is 10.0. The molecule has 0 spiro atoms. The summed E-state index contributed by atoms with van der Waals surface area (Å²) in [5, 5.41) is 29.1. The molecule has 0 heterocycles. The minimum Gasteiger partial charge on any atom is -0.550 e. The molecule has 7 heteroatoms. The normalized spacial score (nSPS) is 11.8. The van der Waals surface area contributed by atoms with E-state index in [1.54, 1.807) is 0 Å². The number of allylic oxidation sites excluding steroid dienone is 1. The van der Waals surface area contributed by atoms with Gasteiger partial charge in [-0.05, 0) is 19.3 Å². The molecule has 0 saturated carbocycles. The van der Waals surface area contributed by atoms with Crippen LogP contribution < -0.4 is 5.11 Å². The molecule has 0 aliphatic heterocycles. The van der Waals surface area contributed by atoms with Gasteiger partial charge in [0, 0.05) is 31.7 Å². The van der Waals surface area contributed by atoms with E-state index in [1.165, 1.54) is 89.9 Å². The highest BCUT2D eigenvalue weighted by atomic mass is 16.4. The number of aliphatic carboxylic acids is 3. The fourth-order valence-electron chi connectivity index (χ4n) is 5.40. The Labute approximate surface area is 238 Å². The summed E-state index contributed by atoms with van der Waals surface area (Å²) in [4.78, 5) is 33.0. The second-order valence-corrected chi connectivity index (χ2v) is 11.4. The van der Waals surface area contributed by atoms with E-state index >= 15 is 0 Å². The number of hydrogen-bond acceptors (Lipinski definition) is 4. The molecule has 0 aliphatic carbocycles. The maximum absolute atomic E-state index is 11.0. The summed E-state index contributed by atoms with van der Waals surface area (Å²) in [5.74, 6) is -2.78. The van der Waals surface area contributed by atoms with E-state index in [0.29, 0.717) is 43.4 Å². The Hall–Kier alpha value is -1.89. The first-order valence-corrected chi connectivity index (χ1v) is 15.9. The Bertz CT molecular complexity index is 598. The van der Waals surface area contributed by atoms with E-state index in [9.17, 15) is 19.5 Å². The Balaban J connectivity index is 4.24. The predicted molar refractivity (Wildman–Crippen MR) is 156 cm³/mol. The van der Waals surface area contributed by atoms with E-state index < -0.39 is 17.9 Å². The van der Waals surface area contributed by atoms with Gasteiger partial charge in [-0.1, -0.05) is 103 Å². The van der Waals surface area contributed by atoms with Crippen LogP contribution in [0.2, 0.25) is 0 Å². The molecule has 2 N–H and O–H groups in total. The van der Waals surface area contributed by atoms with Crippen molar-refractivity contribution in [1.82, 2.24) is 0 Å². The van der Waals surface area contributed by atoms with Gasteiger partial charge in [-0.3, -0.25) is 9.59 Å². The standard InChI is InChI=1S/C32H59NO6/c1-2-3-4-5-6-7-8-9-10-11-12-13-14-15-16-17-18-19-26-33(27-20-23-30(34)35,28-21-24-31(36)37)29-22-25-32(38)39/h17-18H,2-16,19-29H2,1H3,(H2-,34,35,36,37,38,39)/b18-17+. The van der Waals surface area contributed by atoms with Gasteiger partial charge in [-0.25, -0.2) is 0 Å². The number of carbonyl (C=O) groups excluding carboxylic acids is 1. The van der Waals surface area contributed by atoms with E-state index in [1.807, 2.05) is 0 Å². The summed E-state index contributed by atoms with van der Waals surface area (Å²) in [6, 6.07) is 0. The highest BCUT2D eigenvalue weighted by Crippen LogP contribution is 2.17. The van der Waals surface area contributed by atoms with Crippen molar-refractivity contribution in [2.45, 2.75) is 148 Å². The number of hydrogen-bond donors (Lipinski definition) is 2. The molecule has 0 aromatic rings. The number of unbranched alkanes of at least 4 members (excludes halogenated alkanes) is 14. The number of quaternary nitrogens is 1. The zero-order valence-corrected chi connectivity index (χ0v) is 25.0. The van der Waals surface area contributed by atoms with E-state index in [2.05, 4.69) is 19.1 Å². The lowest BCUT2D eigenvalue weighted by molar-refractivity contribution is -0.928. The van der Waals surface area contributed by atoms with Crippen LogP contribution in [0.4, 0.5) is 0 Å². The molecular formula is C32H59NO6. The Morgan fingerprint density at radius 3 is 1.33 bits per heavy atom. The van der Waals surface area contributed by atoms with Crippen LogP contribution in [0.15, 0.2) is 12.2 Å². The largest absolute Gasteiger partial charge is 0.550 e. The van der Waals surface area contributed by atoms with Crippen molar-refractivity contribution in [3.05, 3.63) is 12.2 Å². The zero-order valence-electron chi connectivity index (χ0n) is 25.0. The number of carboxylic acid groups (broad SMARTS) is 3. The first-order valence-electron chi connectivity index (χ1n) is 15.9. The maximum Gasteiger partial charge on any atom is 0.303 e. The second kappa shape index (κ2) is 26.3. The molecule has 0 aliphatic rings. The molecule has 0 unspecified atom stereocenters. The third kappa shape index (κ3) is 26.1. The van der Waals surface area contributed by atoms with Gasteiger partial charge in [-0.15, -0.1) is 0 Å². The molecule has 0 bridgehead atoms. The lowest BCUT2D eigenvalue weighted by Gasteiger charge is -2.39. The first-order chi connectivity index (χ1) is 18.8. The topological polar surface area (TPSA) is 115 Å². The molecule has 0 rings (SSSR count). The molecule has 0 fully saturated rings. The Morgan fingerprint density at radius 1 is 0.538 bits per heavy atom. The smallest absolute Gasteiger partial charge is 0.303 e. The van der Waals surface area contributed by atoms with Crippen LogP contribution >= 0.6 is 0 Å². The van der Waals surface area contributed by atoms with Crippen molar-refractivity contribution < 1.29 is 34.2 Å². The van der Waals surface area contributed by atoms with Crippen molar-refractivity contribution in [3.63, 3.8) is 0 Å². The molecule has 0 aromatic heterocycles. The zero-order chi connectivity index (χ0) is 29.0. The van der Waals surface area contributed by atoms with Crippen molar-refractivity contribution in [2.24, 2.45) is 0 Å². The Kier molecular flexibility index (Phi) is 25.1. The van der Waals surface area contributed by atoms with Gasteiger partial charge < -0.3 is 24.6 Å². The highest BCUT2D eigenvalue weighted by Gasteiger charge is 2.26. The van der Waals surface area contributed by atoms with Gasteiger partial charge in [0.05, 0.1) is 39.0 Å². The monoisotopic (exact) mass is 553 g/mol. The van der Waals surface area contributed by atoms with Gasteiger partial charge in [0.25, 0.3) is 0 Å². The number of carbonyl (C=O) groups is 3. The van der Waals surface area contributed by atoms with E-state index in [0.717, 1.165) is 19.4 Å². The SMILES string of the molecule is CCCCCCCCCCCCCCCC/C=C/CC[N+](CCCC(=O)[O-])(CCCC(=O)O)CCCC(=O)O. The van der Waals surface area contributed by atoms with Crippen molar-refractivity contribution >= 4 is 17.9 Å². The molecule has 0 amide bonds. The van der Waals surface area contributed by atoms with Gasteiger partial charge in [0.1, 0.15) is 0 Å². The van der Waals surface area contributed by atoms with Crippen LogP contribution in [0.3, 0.4) is 0 Å². The third-order valence-electron chi connectivity index (χ3n) is 7.72. The molecule has 0 aromatic carbocycles. The Morgan fingerprint density at radius 2 is 0.923 bits per heavy atom. The summed E-state index contributed by atoms with van der Waals surface area (Å²) in [6.45, 7) is 4.86. The summed E-state index contributed by atoms with van der Waals surface area (Å²) < 4.78 is 0.567. The minimum absolute atomic E-state index is 0.0349. The second-order valence-electron chi connectivity index (χ2n) is 11.4. The van der Waals surface area contributed by atoms with Gasteiger partial charge in [0.15, 0.2) is 0 Å². The molecule has 228 valence electrons. The van der Waals surface area contributed by atoms with Crippen molar-refractivity contribution in [1.29, 1.82) is 0 Å². The van der Waals surface area contributed by atoms with Crippen LogP contribution in [-0.4, -0.2) is 58.8 Å². The molecule has 0 saturated heterocycles. The van der Waals surface area contributed by atoms with Crippen LogP contribution in [-0.2, 0) is 14.4 Å². The summed E-state index contributed by atoms with van der Waals surface area (Å²) in [5.41, 5.74) is 0. The summed E-state index contributed by atoms with van der Waals surface area (Å²) >= 11 is 0. The van der Waals surface area contributed by atoms with E-state index in [4.69, 9.17) is 10.2 Å². The average Bonchev–Trinajstić information content (AvgIpc) is 2.87. The minimum atomic E-state index is -1.09. The lowest BCUT2D eigenvalue weighted by Crippen LogP contribution is -2.51. The van der Waals surface area contributed by atoms with E-state index in [-0.39, 0.29) is 19.3 Å². The van der Waals surface area contributed by atoms with Gasteiger partial charge in [-0.2, -0.15) is 0 Å². The molecule has 39 heavy (non-hydrogen) atoms. The van der Waals surface area contributed by atoms with Crippen LogP contribution in [0.5, 0.6) is 0 Å². The number of carboxylic acids is 3. The predicted octanol–water partition coefficient (Wildman–Crippen LogP) is 6.88. The van der Waals surface area contributed by atoms with Crippen LogP contribution in [0.25, 0.3) is 0 Å². The van der Waals surface area contributed by atoms with Crippen LogP contribution in [0.1, 0.15) is 148 Å². The maximum atomic E-state index is 11.0. The molecule has 7 nitrogen and oxygen atoms in total. The van der Waals surface area contributed by atoms with Gasteiger partial charge >= 0.3 is 11.9 Å². The molecular weight excluding hydrogens is 494 g/mol. The number of rotatable bonds is 30. The quantitative estimate of drug-likeness (QED) is 0.0569. The van der Waals surface area contributed by atoms with Crippen LogP contribution in [0, 0.1) is 0 Å². The summed E-state index contributed by atoms with van der Waals surface area (Å²) in [6.07, 6.45) is 26.7. The highest BCUT2D eigenvalue weighted by molar-refractivity contribution is 5.66. The van der Waals surface area contributed by atoms with Crippen molar-refractivity contribution in [2.75, 3.05) is 26.2 Å². The first kappa shape index (κ1) is 37.1. The molecule has 0 radical (unpaired) electrons. The fourth-order valence-corrected chi connectivity index (χ4v) is 5.40. The molecule has 0 atom stereocenters. The summed E-state index contributed by atoms with van der Waals surface area (Å²) in [7, 11) is 0. The van der Waals surface area contributed by atoms with Gasteiger partial charge in [0.2, 0.25) is 0 Å². The average molecular weight is 554 g/mol.